The summed E-state index contributed by atoms with van der Waals surface area (Å²) in [6, 6.07) is 0. The quantitative estimate of drug-likeness (QED) is 0.481. The normalized spacial score (nSPS) is 12.1. The average molecular weight is 428 g/mol. The van der Waals surface area contributed by atoms with Gasteiger partial charge in [-0.05, 0) is 0 Å². The van der Waals surface area contributed by atoms with Crippen LogP contribution in [0.5, 0.6) is 0 Å². The van der Waals surface area contributed by atoms with E-state index in [0.29, 0.717) is 11.3 Å². The smallest absolute Gasteiger partial charge is 0.359 e. The van der Waals surface area contributed by atoms with Gasteiger partial charge in [-0.3, -0.25) is 5.10 Å². The number of H-pyrrole nitrogens is 1. The highest BCUT2D eigenvalue weighted by Gasteiger charge is 2.27. The van der Waals surface area contributed by atoms with Gasteiger partial charge in [-0.2, -0.15) is 0 Å². The number of ether oxygens (including phenoxy) is 2. The highest BCUT2D eigenvalue weighted by atomic mass is 16.5. The molecule has 0 fully saturated rings. The summed E-state index contributed by atoms with van der Waals surface area (Å²) in [4.78, 5) is 31.9. The molecule has 12 nitrogen and oxygen atoms in total. The molecule has 0 spiro atoms. The lowest BCUT2D eigenvalue weighted by Gasteiger charge is -2.16. The van der Waals surface area contributed by atoms with Crippen LogP contribution in [0.4, 0.5) is 11.5 Å². The highest BCUT2D eigenvalue weighted by molar-refractivity contribution is 6.00. The van der Waals surface area contributed by atoms with E-state index in [1.165, 1.54) is 20.4 Å². The van der Waals surface area contributed by atoms with Gasteiger partial charge >= 0.3 is 11.9 Å². The van der Waals surface area contributed by atoms with Gasteiger partial charge in [0.1, 0.15) is 0 Å². The fourth-order valence-electron chi connectivity index (χ4n) is 2.84. The van der Waals surface area contributed by atoms with Crippen molar-refractivity contribution in [2.45, 2.75) is 46.0 Å². The monoisotopic (exact) mass is 428 g/mol. The van der Waals surface area contributed by atoms with Crippen LogP contribution in [0, 0.1) is 0 Å². The third-order valence-corrected chi connectivity index (χ3v) is 4.40. The molecule has 0 saturated carbocycles. The Hall–Kier alpha value is -3.70. The molecule has 0 bridgehead atoms. The van der Waals surface area contributed by atoms with Crippen molar-refractivity contribution in [3.63, 3.8) is 0 Å². The molecule has 0 radical (unpaired) electrons. The van der Waals surface area contributed by atoms with Gasteiger partial charge in [0.15, 0.2) is 28.7 Å². The summed E-state index contributed by atoms with van der Waals surface area (Å²) in [6.45, 7) is 10.1. The van der Waals surface area contributed by atoms with E-state index in [0.717, 1.165) is 11.5 Å². The van der Waals surface area contributed by atoms with E-state index in [2.05, 4.69) is 45.0 Å². The molecule has 0 aliphatic carbocycles. The second-order valence-corrected chi connectivity index (χ2v) is 8.07. The molecule has 0 amide bonds. The van der Waals surface area contributed by atoms with Gasteiger partial charge in [-0.1, -0.05) is 34.6 Å². The van der Waals surface area contributed by atoms with Crippen molar-refractivity contribution in [1.29, 1.82) is 0 Å². The first-order valence-corrected chi connectivity index (χ1v) is 9.51. The van der Waals surface area contributed by atoms with Crippen molar-refractivity contribution >= 4 is 29.1 Å². The maximum absolute atomic E-state index is 12.0. The third-order valence-electron chi connectivity index (χ3n) is 4.40. The number of aromatic amines is 1. The second kappa shape index (κ2) is 8.20. The van der Waals surface area contributed by atoms with Gasteiger partial charge in [-0.15, -0.1) is 20.4 Å². The Kier molecular flexibility index (Phi) is 5.82. The Balaban J connectivity index is 2.11. The Bertz CT molecular complexity index is 1170. The van der Waals surface area contributed by atoms with Gasteiger partial charge in [0.2, 0.25) is 5.65 Å². The van der Waals surface area contributed by atoms with Crippen molar-refractivity contribution < 1.29 is 19.1 Å². The zero-order valence-corrected chi connectivity index (χ0v) is 18.4. The Morgan fingerprint density at radius 2 is 1.71 bits per heavy atom. The van der Waals surface area contributed by atoms with E-state index in [-0.39, 0.29) is 28.5 Å². The van der Waals surface area contributed by atoms with Crippen LogP contribution in [0.2, 0.25) is 0 Å². The highest BCUT2D eigenvalue weighted by Crippen LogP contribution is 2.35. The zero-order chi connectivity index (χ0) is 22.9. The van der Waals surface area contributed by atoms with Crippen LogP contribution in [0.1, 0.15) is 73.0 Å². The lowest BCUT2D eigenvalue weighted by Crippen LogP contribution is -2.15. The van der Waals surface area contributed by atoms with Crippen LogP contribution in [0.3, 0.4) is 0 Å². The zero-order valence-electron chi connectivity index (χ0n) is 18.4. The number of hydrogen-bond donors (Lipinski definition) is 1. The number of nitrogens with zero attached hydrogens (tertiary/aromatic N) is 7. The standard InChI is InChI=1S/C19H24N8O4/c1-9(2)15-24-25-16-13(14(19(3,4)5)26-27(15)16)23-22-10-8-20-11(17(28)30-6)12(21-10)18(29)31-7/h8-9,26H,1-7H3. The number of nitrogens with one attached hydrogen (secondary N) is 1. The van der Waals surface area contributed by atoms with Gasteiger partial charge in [0, 0.05) is 11.3 Å². The lowest BCUT2D eigenvalue weighted by molar-refractivity contribution is 0.0544. The van der Waals surface area contributed by atoms with Crippen LogP contribution in [0.15, 0.2) is 16.4 Å². The van der Waals surface area contributed by atoms with Crippen molar-refractivity contribution in [3.05, 3.63) is 29.1 Å². The molecule has 0 aliphatic rings. The summed E-state index contributed by atoms with van der Waals surface area (Å²) in [5.74, 6) is -0.745. The number of azo groups is 1. The van der Waals surface area contributed by atoms with Gasteiger partial charge < -0.3 is 9.47 Å². The van der Waals surface area contributed by atoms with Crippen molar-refractivity contribution in [2.75, 3.05) is 14.2 Å². The van der Waals surface area contributed by atoms with E-state index in [4.69, 9.17) is 0 Å². The lowest BCUT2D eigenvalue weighted by atomic mass is 9.91. The molecule has 1 N–H and O–H groups in total. The number of hydrogen-bond acceptors (Lipinski definition) is 10. The predicted octanol–water partition coefficient (Wildman–Crippen LogP) is 3.26. The first-order valence-electron chi connectivity index (χ1n) is 9.51. The largest absolute Gasteiger partial charge is 0.464 e. The summed E-state index contributed by atoms with van der Waals surface area (Å²) in [5.41, 5.74) is 0.934. The second-order valence-electron chi connectivity index (χ2n) is 8.07. The SMILES string of the molecule is COC(=O)c1ncc(N=Nc2c(C(C)(C)C)[nH]n3c(C(C)C)nnc23)nc1C(=O)OC. The maximum atomic E-state index is 12.0. The van der Waals surface area contributed by atoms with Crippen LogP contribution in [-0.4, -0.2) is 55.9 Å². The molecule has 3 rings (SSSR count). The van der Waals surface area contributed by atoms with Crippen LogP contribution in [0.25, 0.3) is 5.65 Å². The van der Waals surface area contributed by atoms with Crippen LogP contribution in [-0.2, 0) is 14.9 Å². The van der Waals surface area contributed by atoms with E-state index in [9.17, 15) is 9.59 Å². The summed E-state index contributed by atoms with van der Waals surface area (Å²) >= 11 is 0. The Morgan fingerprint density at radius 1 is 1.06 bits per heavy atom. The van der Waals surface area contributed by atoms with Gasteiger partial charge in [-0.25, -0.2) is 24.1 Å². The van der Waals surface area contributed by atoms with E-state index in [1.807, 2.05) is 34.6 Å². The molecule has 3 aromatic rings. The number of fused-ring (bicyclic) bond motifs is 1. The first kappa shape index (κ1) is 22.0. The molecule has 3 aromatic heterocycles. The number of esters is 2. The fraction of sp³-hybridized carbons (Fsp3) is 0.474. The number of methoxy groups -OCH3 is 2. The number of carbonyl (C=O) groups is 2. The van der Waals surface area contributed by atoms with Crippen LogP contribution < -0.4 is 0 Å². The molecular weight excluding hydrogens is 404 g/mol. The number of aromatic nitrogens is 6. The number of carbonyl (C=O) groups excluding carboxylic acids is 2. The van der Waals surface area contributed by atoms with E-state index >= 15 is 0 Å². The summed E-state index contributed by atoms with van der Waals surface area (Å²) < 4.78 is 11.1. The molecule has 3 heterocycles. The first-order chi connectivity index (χ1) is 14.6. The molecule has 0 aliphatic heterocycles. The minimum absolute atomic E-state index is 0.0101. The molecule has 12 heteroatoms. The molecular formula is C19H24N8O4. The average Bonchev–Trinajstić information content (AvgIpc) is 3.30. The summed E-state index contributed by atoms with van der Waals surface area (Å²) in [5, 5.41) is 20.2. The van der Waals surface area contributed by atoms with Crippen molar-refractivity contribution in [2.24, 2.45) is 10.2 Å². The van der Waals surface area contributed by atoms with Crippen molar-refractivity contribution in [3.8, 4) is 0 Å². The fourth-order valence-corrected chi connectivity index (χ4v) is 2.84. The Labute approximate surface area is 178 Å². The molecule has 0 atom stereocenters. The van der Waals surface area contributed by atoms with E-state index in [1.54, 1.807) is 4.52 Å². The van der Waals surface area contributed by atoms with Crippen LogP contribution >= 0.6 is 0 Å². The number of rotatable bonds is 5. The summed E-state index contributed by atoms with van der Waals surface area (Å²) in [6.07, 6.45) is 1.21. The molecule has 0 aromatic carbocycles. The van der Waals surface area contributed by atoms with Gasteiger partial charge in [0.25, 0.3) is 0 Å². The summed E-state index contributed by atoms with van der Waals surface area (Å²) in [7, 11) is 2.34. The minimum Gasteiger partial charge on any atom is -0.464 e. The molecule has 31 heavy (non-hydrogen) atoms. The predicted molar refractivity (Wildman–Crippen MR) is 109 cm³/mol. The molecule has 0 unspecified atom stereocenters. The maximum Gasteiger partial charge on any atom is 0.359 e. The topological polar surface area (TPSA) is 149 Å². The van der Waals surface area contributed by atoms with Gasteiger partial charge in [0.05, 0.1) is 26.1 Å². The molecule has 0 saturated heterocycles. The van der Waals surface area contributed by atoms with E-state index < -0.39 is 11.9 Å². The Morgan fingerprint density at radius 3 is 2.29 bits per heavy atom. The minimum atomic E-state index is -0.844. The van der Waals surface area contributed by atoms with Crippen molar-refractivity contribution in [1.82, 2.24) is 29.8 Å². The third kappa shape index (κ3) is 4.13. The molecule has 164 valence electrons.